The van der Waals surface area contributed by atoms with Crippen LogP contribution in [0.15, 0.2) is 0 Å². The van der Waals surface area contributed by atoms with Gasteiger partial charge in [0.1, 0.15) is 5.69 Å². The van der Waals surface area contributed by atoms with Gasteiger partial charge in [-0.2, -0.15) is 0 Å². The highest BCUT2D eigenvalue weighted by Gasteiger charge is 2.23. The van der Waals surface area contributed by atoms with Crippen LogP contribution in [-0.4, -0.2) is 29.0 Å². The van der Waals surface area contributed by atoms with Crippen LogP contribution >= 0.6 is 22.7 Å². The lowest BCUT2D eigenvalue weighted by molar-refractivity contribution is 0.0593. The van der Waals surface area contributed by atoms with E-state index in [2.05, 4.69) is 29.1 Å². The number of carbonyl (C=O) groups excluding carboxylic acids is 2. The number of ether oxygens (including phenoxy) is 1. The summed E-state index contributed by atoms with van der Waals surface area (Å²) >= 11 is 2.83. The van der Waals surface area contributed by atoms with E-state index in [1.165, 1.54) is 29.8 Å². The lowest BCUT2D eigenvalue weighted by Crippen LogP contribution is -2.15. The van der Waals surface area contributed by atoms with Crippen LogP contribution in [0.2, 0.25) is 0 Å². The molecule has 136 valence electrons. The molecule has 0 aliphatic rings. The van der Waals surface area contributed by atoms with Gasteiger partial charge in [-0.05, 0) is 25.2 Å². The normalized spacial score (nSPS) is 11.2. The Balaban J connectivity index is 2.29. The molecule has 0 saturated carbocycles. The smallest absolute Gasteiger partial charge is 0.357 e. The Morgan fingerprint density at radius 2 is 1.80 bits per heavy atom. The first-order valence-corrected chi connectivity index (χ1v) is 9.72. The van der Waals surface area contributed by atoms with Crippen LogP contribution in [0.3, 0.4) is 0 Å². The third-order valence-electron chi connectivity index (χ3n) is 3.39. The van der Waals surface area contributed by atoms with Crippen LogP contribution in [0.5, 0.6) is 0 Å². The minimum atomic E-state index is -0.486. The molecule has 8 heteroatoms. The summed E-state index contributed by atoms with van der Waals surface area (Å²) < 4.78 is 4.80. The fraction of sp³-hybridized carbons (Fsp3) is 0.529. The molecular weight excluding hydrogens is 358 g/mol. The predicted molar refractivity (Wildman–Crippen MR) is 101 cm³/mol. The van der Waals surface area contributed by atoms with Crippen LogP contribution in [0.4, 0.5) is 5.13 Å². The van der Waals surface area contributed by atoms with Crippen LogP contribution in [-0.2, 0) is 11.2 Å². The number of aryl methyl sites for hydroxylation is 1. The van der Waals surface area contributed by atoms with E-state index in [-0.39, 0.29) is 17.5 Å². The Bertz CT molecular complexity index is 778. The second-order valence-electron chi connectivity index (χ2n) is 6.43. The summed E-state index contributed by atoms with van der Waals surface area (Å²) in [4.78, 5) is 34.9. The molecule has 25 heavy (non-hydrogen) atoms. The molecule has 0 aliphatic heterocycles. The molecule has 0 atom stereocenters. The SMILES string of the molecule is COC(=O)c1nc(NC(=O)c2nc(C)sc2C(C)C)sc1CC(C)C. The van der Waals surface area contributed by atoms with E-state index in [9.17, 15) is 9.59 Å². The Morgan fingerprint density at radius 3 is 2.36 bits per heavy atom. The summed E-state index contributed by atoms with van der Waals surface area (Å²) in [6.45, 7) is 10.1. The highest BCUT2D eigenvalue weighted by Crippen LogP contribution is 2.29. The average molecular weight is 382 g/mol. The minimum absolute atomic E-state index is 0.213. The average Bonchev–Trinajstić information content (AvgIpc) is 3.09. The van der Waals surface area contributed by atoms with Crippen molar-refractivity contribution >= 4 is 39.7 Å². The molecule has 0 aromatic carbocycles. The number of esters is 1. The molecule has 0 bridgehead atoms. The van der Waals surface area contributed by atoms with Crippen molar-refractivity contribution in [1.82, 2.24) is 9.97 Å². The fourth-order valence-electron chi connectivity index (χ4n) is 2.32. The van der Waals surface area contributed by atoms with Gasteiger partial charge in [0.15, 0.2) is 10.8 Å². The topological polar surface area (TPSA) is 81.2 Å². The van der Waals surface area contributed by atoms with Gasteiger partial charge < -0.3 is 4.74 Å². The number of amides is 1. The molecule has 0 radical (unpaired) electrons. The van der Waals surface area contributed by atoms with Gasteiger partial charge in [0, 0.05) is 9.75 Å². The Labute approximate surface area is 155 Å². The van der Waals surface area contributed by atoms with Gasteiger partial charge in [-0.3, -0.25) is 10.1 Å². The van der Waals surface area contributed by atoms with Crippen molar-refractivity contribution in [3.63, 3.8) is 0 Å². The molecule has 0 unspecified atom stereocenters. The number of thiazole rings is 2. The monoisotopic (exact) mass is 381 g/mol. The number of anilines is 1. The van der Waals surface area contributed by atoms with Gasteiger partial charge in [-0.25, -0.2) is 14.8 Å². The molecule has 2 aromatic rings. The standard InChI is InChI=1S/C17H23N3O3S2/c1-8(2)7-11-12(16(22)23-6)19-17(25-11)20-15(21)13-14(9(3)4)24-10(5)18-13/h8-9H,7H2,1-6H3,(H,19,20,21). The van der Waals surface area contributed by atoms with Gasteiger partial charge in [-0.1, -0.05) is 27.7 Å². The van der Waals surface area contributed by atoms with Crippen molar-refractivity contribution < 1.29 is 14.3 Å². The first kappa shape index (κ1) is 19.5. The van der Waals surface area contributed by atoms with Crippen LogP contribution in [0.1, 0.15) is 69.4 Å². The van der Waals surface area contributed by atoms with Crippen molar-refractivity contribution in [2.75, 3.05) is 12.4 Å². The first-order valence-electron chi connectivity index (χ1n) is 8.09. The molecule has 0 fully saturated rings. The van der Waals surface area contributed by atoms with E-state index in [0.717, 1.165) is 14.8 Å². The van der Waals surface area contributed by atoms with Gasteiger partial charge in [-0.15, -0.1) is 22.7 Å². The number of hydrogen-bond acceptors (Lipinski definition) is 7. The molecule has 2 aromatic heterocycles. The third kappa shape index (κ3) is 4.64. The zero-order valence-electron chi connectivity index (χ0n) is 15.3. The van der Waals surface area contributed by atoms with Gasteiger partial charge in [0.05, 0.1) is 12.1 Å². The highest BCUT2D eigenvalue weighted by atomic mass is 32.1. The maximum atomic E-state index is 12.6. The molecule has 2 heterocycles. The molecule has 0 saturated heterocycles. The van der Waals surface area contributed by atoms with Crippen molar-refractivity contribution in [3.05, 3.63) is 26.1 Å². The summed E-state index contributed by atoms with van der Waals surface area (Å²) in [5.41, 5.74) is 0.702. The van der Waals surface area contributed by atoms with Crippen molar-refractivity contribution in [2.24, 2.45) is 5.92 Å². The van der Waals surface area contributed by atoms with E-state index >= 15 is 0 Å². The van der Waals surface area contributed by atoms with E-state index < -0.39 is 5.97 Å². The number of nitrogens with zero attached hydrogens (tertiary/aromatic N) is 2. The van der Waals surface area contributed by atoms with Gasteiger partial charge >= 0.3 is 5.97 Å². The fourth-order valence-corrected chi connectivity index (χ4v) is 4.41. The summed E-state index contributed by atoms with van der Waals surface area (Å²) in [6.07, 6.45) is 0.699. The maximum Gasteiger partial charge on any atom is 0.357 e. The molecule has 1 amide bonds. The van der Waals surface area contributed by atoms with Gasteiger partial charge in [0.2, 0.25) is 0 Å². The van der Waals surface area contributed by atoms with Crippen molar-refractivity contribution in [2.45, 2.75) is 47.0 Å². The highest BCUT2D eigenvalue weighted by molar-refractivity contribution is 7.16. The van der Waals surface area contributed by atoms with E-state index in [4.69, 9.17) is 4.74 Å². The number of aromatic nitrogens is 2. The number of nitrogens with one attached hydrogen (secondary N) is 1. The zero-order valence-corrected chi connectivity index (χ0v) is 16.9. The zero-order chi connectivity index (χ0) is 18.7. The number of hydrogen-bond donors (Lipinski definition) is 1. The van der Waals surface area contributed by atoms with Crippen LogP contribution < -0.4 is 5.32 Å². The Morgan fingerprint density at radius 1 is 1.12 bits per heavy atom. The van der Waals surface area contributed by atoms with Crippen LogP contribution in [0.25, 0.3) is 0 Å². The molecule has 0 aliphatic carbocycles. The van der Waals surface area contributed by atoms with Crippen molar-refractivity contribution in [3.8, 4) is 0 Å². The largest absolute Gasteiger partial charge is 0.464 e. The molecular formula is C17H23N3O3S2. The van der Waals surface area contributed by atoms with E-state index in [1.54, 1.807) is 0 Å². The van der Waals surface area contributed by atoms with Crippen molar-refractivity contribution in [1.29, 1.82) is 0 Å². The molecule has 1 N–H and O–H groups in total. The number of rotatable bonds is 6. The Hall–Kier alpha value is -1.80. The second-order valence-corrected chi connectivity index (χ2v) is 8.75. The van der Waals surface area contributed by atoms with E-state index in [0.29, 0.717) is 23.2 Å². The molecule has 6 nitrogen and oxygen atoms in total. The second kappa shape index (κ2) is 8.05. The summed E-state index contributed by atoms with van der Waals surface area (Å²) in [5.74, 6) is -0.208. The minimum Gasteiger partial charge on any atom is -0.464 e. The summed E-state index contributed by atoms with van der Waals surface area (Å²) in [7, 11) is 1.33. The lowest BCUT2D eigenvalue weighted by Gasteiger charge is -2.04. The Kier molecular flexibility index (Phi) is 6.29. The lowest BCUT2D eigenvalue weighted by atomic mass is 10.1. The summed E-state index contributed by atoms with van der Waals surface area (Å²) in [6, 6.07) is 0. The molecule has 2 rings (SSSR count). The van der Waals surface area contributed by atoms with Crippen LogP contribution in [0, 0.1) is 12.8 Å². The first-order chi connectivity index (χ1) is 11.7. The summed E-state index contributed by atoms with van der Waals surface area (Å²) in [5, 5.41) is 4.03. The number of carbonyl (C=O) groups is 2. The predicted octanol–water partition coefficient (Wildman–Crippen LogP) is 4.27. The van der Waals surface area contributed by atoms with Gasteiger partial charge in [0.25, 0.3) is 5.91 Å². The molecule has 0 spiro atoms. The third-order valence-corrected chi connectivity index (χ3v) is 5.65. The van der Waals surface area contributed by atoms with E-state index in [1.807, 2.05) is 20.8 Å². The maximum absolute atomic E-state index is 12.6. The quantitative estimate of drug-likeness (QED) is 0.756. The number of methoxy groups -OCH3 is 1.